The molecule has 5 aromatic carbocycles. The van der Waals surface area contributed by atoms with Gasteiger partial charge in [-0.05, 0) is 41.0 Å². The van der Waals surface area contributed by atoms with E-state index < -0.39 is 54.1 Å². The summed E-state index contributed by atoms with van der Waals surface area (Å²) in [5.74, 6) is -1.98. The van der Waals surface area contributed by atoms with Crippen LogP contribution in [-0.2, 0) is 29.3 Å². The van der Waals surface area contributed by atoms with Crippen molar-refractivity contribution >= 4 is 17.8 Å². The first-order valence-electron chi connectivity index (χ1n) is 16.3. The summed E-state index contributed by atoms with van der Waals surface area (Å²) in [6.07, 6.45) is -5.55. The predicted octanol–water partition coefficient (Wildman–Crippen LogP) is 5.67. The maximum Gasteiger partial charge on any atom is 0.338 e. The van der Waals surface area contributed by atoms with Gasteiger partial charge in [0.25, 0.3) is 0 Å². The molecule has 5 atom stereocenters. The number of hydrogen-bond donors (Lipinski definition) is 2. The van der Waals surface area contributed by atoms with Crippen LogP contribution < -0.4 is 5.32 Å². The first-order valence-corrected chi connectivity index (χ1v) is 16.3. The Morgan fingerprint density at radius 1 is 0.620 bits per heavy atom. The van der Waals surface area contributed by atoms with Gasteiger partial charge in [0.05, 0.1) is 17.7 Å². The molecule has 9 nitrogen and oxygen atoms in total. The summed E-state index contributed by atoms with van der Waals surface area (Å²) in [5, 5.41) is 14.0. The molecule has 0 unspecified atom stereocenters. The van der Waals surface area contributed by atoms with Crippen molar-refractivity contribution in [3.63, 3.8) is 0 Å². The Kier molecular flexibility index (Phi) is 10.8. The van der Waals surface area contributed by atoms with Gasteiger partial charge < -0.3 is 29.4 Å². The molecule has 0 radical (unpaired) electrons. The van der Waals surface area contributed by atoms with E-state index in [2.05, 4.69) is 5.32 Å². The van der Waals surface area contributed by atoms with Gasteiger partial charge in [0, 0.05) is 6.92 Å². The molecule has 0 saturated carbocycles. The Labute approximate surface area is 290 Å². The van der Waals surface area contributed by atoms with E-state index in [4.69, 9.17) is 18.9 Å². The predicted molar refractivity (Wildman–Crippen MR) is 185 cm³/mol. The van der Waals surface area contributed by atoms with E-state index in [1.54, 1.807) is 60.7 Å². The van der Waals surface area contributed by atoms with Crippen molar-refractivity contribution in [2.45, 2.75) is 43.2 Å². The van der Waals surface area contributed by atoms with Crippen molar-refractivity contribution in [3.05, 3.63) is 179 Å². The molecule has 6 rings (SSSR count). The Hall–Kier alpha value is -5.61. The lowest BCUT2D eigenvalue weighted by Crippen LogP contribution is -2.66. The second-order valence-electron chi connectivity index (χ2n) is 11.9. The summed E-state index contributed by atoms with van der Waals surface area (Å²) in [6, 6.07) is 44.3. The van der Waals surface area contributed by atoms with Gasteiger partial charge in [-0.2, -0.15) is 0 Å². The van der Waals surface area contributed by atoms with E-state index in [-0.39, 0.29) is 17.7 Å². The monoisotopic (exact) mass is 671 g/mol. The van der Waals surface area contributed by atoms with Crippen LogP contribution in [-0.4, -0.2) is 60.2 Å². The number of carbonyl (C=O) groups excluding carboxylic acids is 3. The van der Waals surface area contributed by atoms with Crippen LogP contribution in [0.5, 0.6) is 0 Å². The van der Waals surface area contributed by atoms with Crippen LogP contribution in [0.25, 0.3) is 0 Å². The molecule has 9 heteroatoms. The van der Waals surface area contributed by atoms with Gasteiger partial charge in [0.2, 0.25) is 5.91 Å². The Bertz CT molecular complexity index is 1760. The summed E-state index contributed by atoms with van der Waals surface area (Å²) >= 11 is 0. The topological polar surface area (TPSA) is 120 Å². The van der Waals surface area contributed by atoms with Crippen LogP contribution in [0.1, 0.15) is 44.3 Å². The highest BCUT2D eigenvalue weighted by atomic mass is 16.7. The molecule has 0 bridgehead atoms. The zero-order chi connectivity index (χ0) is 34.9. The van der Waals surface area contributed by atoms with Crippen LogP contribution in [0.4, 0.5) is 0 Å². The van der Waals surface area contributed by atoms with Crippen LogP contribution in [0.2, 0.25) is 0 Å². The third kappa shape index (κ3) is 7.50. The number of benzene rings is 5. The molecule has 1 fully saturated rings. The van der Waals surface area contributed by atoms with Gasteiger partial charge in [0.15, 0.2) is 18.5 Å². The molecule has 5 aromatic rings. The molecule has 1 aliphatic rings. The minimum atomic E-state index is -1.66. The average Bonchev–Trinajstić information content (AvgIpc) is 3.16. The van der Waals surface area contributed by atoms with Crippen LogP contribution in [0.15, 0.2) is 152 Å². The molecule has 1 amide bonds. The molecule has 2 N–H and O–H groups in total. The van der Waals surface area contributed by atoms with E-state index in [0.29, 0.717) is 0 Å². The van der Waals surface area contributed by atoms with E-state index in [9.17, 15) is 19.5 Å². The van der Waals surface area contributed by atoms with E-state index in [0.717, 1.165) is 16.7 Å². The summed E-state index contributed by atoms with van der Waals surface area (Å²) < 4.78 is 25.2. The van der Waals surface area contributed by atoms with Crippen molar-refractivity contribution < 1.29 is 38.4 Å². The highest BCUT2D eigenvalue weighted by Gasteiger charge is 2.52. The molecule has 1 saturated heterocycles. The quantitative estimate of drug-likeness (QED) is 0.136. The first-order chi connectivity index (χ1) is 24.4. The lowest BCUT2D eigenvalue weighted by molar-refractivity contribution is -0.260. The van der Waals surface area contributed by atoms with Gasteiger partial charge in [0.1, 0.15) is 17.7 Å². The number of carbonyl (C=O) groups is 3. The highest BCUT2D eigenvalue weighted by molar-refractivity contribution is 5.90. The van der Waals surface area contributed by atoms with Gasteiger partial charge in [-0.25, -0.2) is 9.59 Å². The number of esters is 2. The molecule has 254 valence electrons. The van der Waals surface area contributed by atoms with Crippen molar-refractivity contribution in [1.82, 2.24) is 5.32 Å². The number of rotatable bonds is 11. The summed E-state index contributed by atoms with van der Waals surface area (Å²) in [5.41, 5.74) is 1.73. The van der Waals surface area contributed by atoms with Gasteiger partial charge in [-0.15, -0.1) is 0 Å². The smallest absolute Gasteiger partial charge is 0.338 e. The lowest BCUT2D eigenvalue weighted by atomic mass is 9.80. The number of nitrogens with one attached hydrogen (secondary N) is 1. The third-order valence-corrected chi connectivity index (χ3v) is 8.55. The largest absolute Gasteiger partial charge is 0.452 e. The van der Waals surface area contributed by atoms with Crippen LogP contribution in [0, 0.1) is 0 Å². The number of aliphatic hydroxyl groups is 1. The molecule has 0 aliphatic carbocycles. The van der Waals surface area contributed by atoms with Crippen molar-refractivity contribution in [3.8, 4) is 0 Å². The zero-order valence-corrected chi connectivity index (χ0v) is 27.3. The fourth-order valence-corrected chi connectivity index (χ4v) is 6.23. The number of hydrogen-bond acceptors (Lipinski definition) is 8. The number of amides is 1. The van der Waals surface area contributed by atoms with Gasteiger partial charge >= 0.3 is 11.9 Å². The Morgan fingerprint density at radius 3 is 1.40 bits per heavy atom. The molecular weight excluding hydrogens is 634 g/mol. The standard InChI is InChI=1S/C41H37NO8/c1-28(43)42-35-37(50-39(45)30-19-9-3-10-20-30)36(49-38(44)29-17-7-2-8-18-29)34(48-40(35)46)27-47-41(31-21-11-4-12-22-31,32-23-13-5-14-24-32)33-25-15-6-16-26-33/h2-26,34-37,40,46H,27H2,1H3,(H,42,43)/t34-,35-,36-,37-,40-/m1/s1. The highest BCUT2D eigenvalue weighted by Crippen LogP contribution is 2.41. The third-order valence-electron chi connectivity index (χ3n) is 8.55. The van der Waals surface area contributed by atoms with E-state index in [1.165, 1.54) is 6.92 Å². The maximum atomic E-state index is 13.6. The SMILES string of the molecule is CC(=O)N[C@@H]1[C@@H](OC(=O)c2ccccc2)[C@H](OC(=O)c2ccccc2)[C@@H](COC(c2ccccc2)(c2ccccc2)c2ccccc2)O[C@H]1O. The summed E-state index contributed by atoms with van der Waals surface area (Å²) in [7, 11) is 0. The Balaban J connectivity index is 1.43. The molecule has 1 aliphatic heterocycles. The second-order valence-corrected chi connectivity index (χ2v) is 11.9. The Morgan fingerprint density at radius 2 is 1.00 bits per heavy atom. The van der Waals surface area contributed by atoms with Crippen LogP contribution in [0.3, 0.4) is 0 Å². The molecule has 0 aromatic heterocycles. The summed E-state index contributed by atoms with van der Waals surface area (Å²) in [4.78, 5) is 39.5. The van der Waals surface area contributed by atoms with Crippen molar-refractivity contribution in [2.24, 2.45) is 0 Å². The number of ether oxygens (including phenoxy) is 4. The molecule has 0 spiro atoms. The summed E-state index contributed by atoms with van der Waals surface area (Å²) in [6.45, 7) is 1.02. The fourth-order valence-electron chi connectivity index (χ4n) is 6.23. The normalized spacial score (nSPS) is 20.3. The average molecular weight is 672 g/mol. The van der Waals surface area contributed by atoms with Crippen molar-refractivity contribution in [1.29, 1.82) is 0 Å². The van der Waals surface area contributed by atoms with Crippen LogP contribution >= 0.6 is 0 Å². The van der Waals surface area contributed by atoms with Crippen molar-refractivity contribution in [2.75, 3.05) is 6.61 Å². The first kappa shape index (κ1) is 34.3. The molecular formula is C41H37NO8. The minimum absolute atomic E-state index is 0.229. The molecule has 50 heavy (non-hydrogen) atoms. The lowest BCUT2D eigenvalue weighted by Gasteiger charge is -2.45. The number of aliphatic hydroxyl groups excluding tert-OH is 1. The minimum Gasteiger partial charge on any atom is -0.452 e. The zero-order valence-electron chi connectivity index (χ0n) is 27.3. The molecule has 1 heterocycles. The van der Waals surface area contributed by atoms with Gasteiger partial charge in [-0.1, -0.05) is 127 Å². The maximum absolute atomic E-state index is 13.6. The van der Waals surface area contributed by atoms with E-state index in [1.807, 2.05) is 91.0 Å². The fraction of sp³-hybridized carbons (Fsp3) is 0.195. The van der Waals surface area contributed by atoms with E-state index >= 15 is 0 Å². The second kappa shape index (κ2) is 15.7. The van der Waals surface area contributed by atoms with Gasteiger partial charge in [-0.3, -0.25) is 4.79 Å².